The number of thioether (sulfide) groups is 1. The van der Waals surface area contributed by atoms with Gasteiger partial charge in [0.1, 0.15) is 0 Å². The molecule has 0 heterocycles. The van der Waals surface area contributed by atoms with Crippen molar-refractivity contribution >= 4 is 34.7 Å². The van der Waals surface area contributed by atoms with Gasteiger partial charge in [0, 0.05) is 4.90 Å². The first kappa shape index (κ1) is 12.0. The molecule has 0 amide bonds. The zero-order valence-corrected chi connectivity index (χ0v) is 11.1. The molecule has 0 fully saturated rings. The van der Waals surface area contributed by atoms with E-state index in [0.29, 0.717) is 0 Å². The van der Waals surface area contributed by atoms with Crippen molar-refractivity contribution in [2.75, 3.05) is 6.26 Å². The molecule has 1 heteroatoms. The maximum atomic E-state index is 3.91. The zero-order chi connectivity index (χ0) is 12.3. The Labute approximate surface area is 107 Å². The molecule has 0 N–H and O–H groups in total. The lowest BCUT2D eigenvalue weighted by Gasteiger charge is -2.12. The number of benzene rings is 2. The lowest BCUT2D eigenvalue weighted by Crippen LogP contribution is -1.88. The fourth-order valence-electron chi connectivity index (χ4n) is 2.08. The first-order valence-corrected chi connectivity index (χ1v) is 6.89. The van der Waals surface area contributed by atoms with Crippen LogP contribution in [-0.4, -0.2) is 6.26 Å². The van der Waals surface area contributed by atoms with Crippen molar-refractivity contribution in [3.05, 3.63) is 54.1 Å². The monoisotopic (exact) mass is 240 g/mol. The third-order valence-electron chi connectivity index (χ3n) is 2.83. The normalized spacial score (nSPS) is 11.2. The summed E-state index contributed by atoms with van der Waals surface area (Å²) < 4.78 is 0. The van der Waals surface area contributed by atoms with E-state index >= 15 is 0 Å². The molecule has 0 atom stereocenters. The quantitative estimate of drug-likeness (QED) is 0.661. The number of hydrogen-bond acceptors (Lipinski definition) is 1. The van der Waals surface area contributed by atoms with Crippen molar-refractivity contribution in [2.45, 2.75) is 11.8 Å². The van der Waals surface area contributed by atoms with Gasteiger partial charge in [-0.05, 0) is 41.1 Å². The molecule has 17 heavy (non-hydrogen) atoms. The van der Waals surface area contributed by atoms with E-state index in [9.17, 15) is 0 Å². The summed E-state index contributed by atoms with van der Waals surface area (Å²) in [4.78, 5) is 1.33. The van der Waals surface area contributed by atoms with E-state index in [4.69, 9.17) is 0 Å². The van der Waals surface area contributed by atoms with Crippen LogP contribution in [0.2, 0.25) is 0 Å². The van der Waals surface area contributed by atoms with Gasteiger partial charge < -0.3 is 0 Å². The van der Waals surface area contributed by atoms with Crippen LogP contribution in [0.15, 0.2) is 47.9 Å². The molecular weight excluding hydrogens is 224 g/mol. The van der Waals surface area contributed by atoms with Gasteiger partial charge >= 0.3 is 0 Å². The van der Waals surface area contributed by atoms with E-state index in [0.717, 1.165) is 0 Å². The molecule has 0 saturated heterocycles. The Morgan fingerprint density at radius 2 is 2.00 bits per heavy atom. The molecule has 0 saturated carbocycles. The maximum Gasteiger partial charge on any atom is 0.0226 e. The van der Waals surface area contributed by atoms with Crippen LogP contribution < -0.4 is 0 Å². The third kappa shape index (κ3) is 2.16. The molecule has 0 unspecified atom stereocenters. The van der Waals surface area contributed by atoms with Gasteiger partial charge in [0.2, 0.25) is 0 Å². The summed E-state index contributed by atoms with van der Waals surface area (Å²) in [5.41, 5.74) is 2.47. The fourth-order valence-corrected chi connectivity index (χ4v) is 2.89. The Bertz CT molecular complexity index is 579. The van der Waals surface area contributed by atoms with E-state index < -0.39 is 0 Å². The highest BCUT2D eigenvalue weighted by molar-refractivity contribution is 7.98. The minimum atomic E-state index is 1.20. The van der Waals surface area contributed by atoms with Crippen LogP contribution in [0, 0.1) is 0 Å². The van der Waals surface area contributed by atoms with Crippen LogP contribution in [0.3, 0.4) is 0 Å². The fraction of sp³-hybridized carbons (Fsp3) is 0.125. The summed E-state index contributed by atoms with van der Waals surface area (Å²) in [5, 5.41) is 2.60. The molecule has 2 aromatic rings. The van der Waals surface area contributed by atoms with Crippen LogP contribution in [0.25, 0.3) is 22.9 Å². The van der Waals surface area contributed by atoms with Gasteiger partial charge in [0.25, 0.3) is 0 Å². The Hall–Kier alpha value is -1.47. The number of hydrogen-bond donors (Lipinski definition) is 0. The average Bonchev–Trinajstić information content (AvgIpc) is 2.38. The van der Waals surface area contributed by atoms with Gasteiger partial charge in [-0.1, -0.05) is 49.1 Å². The summed E-state index contributed by atoms with van der Waals surface area (Å²) >= 11 is 1.80. The molecule has 2 rings (SSSR count). The predicted molar refractivity (Wildman–Crippen MR) is 80.5 cm³/mol. The second-order valence-electron chi connectivity index (χ2n) is 3.84. The van der Waals surface area contributed by atoms with E-state index in [-0.39, 0.29) is 0 Å². The van der Waals surface area contributed by atoms with Crippen molar-refractivity contribution in [3.63, 3.8) is 0 Å². The van der Waals surface area contributed by atoms with Crippen LogP contribution in [0.4, 0.5) is 0 Å². The molecule has 0 aliphatic heterocycles. The lowest BCUT2D eigenvalue weighted by molar-refractivity contribution is 1.47. The van der Waals surface area contributed by atoms with E-state index in [1.54, 1.807) is 11.8 Å². The first-order valence-electron chi connectivity index (χ1n) is 5.66. The average molecular weight is 240 g/mol. The van der Waals surface area contributed by atoms with Gasteiger partial charge in [0.15, 0.2) is 0 Å². The lowest BCUT2D eigenvalue weighted by atomic mass is 10.0. The first-order chi connectivity index (χ1) is 8.31. The third-order valence-corrected chi connectivity index (χ3v) is 3.68. The Morgan fingerprint density at radius 3 is 2.65 bits per heavy atom. The largest absolute Gasteiger partial charge is 0.128 e. The molecule has 86 valence electrons. The Balaban J connectivity index is 2.88. The number of allylic oxidation sites excluding steroid dienone is 1. The van der Waals surface area contributed by atoms with Gasteiger partial charge in [-0.15, -0.1) is 11.8 Å². The molecule has 0 aliphatic rings. The molecule has 0 bridgehead atoms. The molecule has 0 nitrogen and oxygen atoms in total. The summed E-state index contributed by atoms with van der Waals surface area (Å²) in [6, 6.07) is 10.7. The van der Waals surface area contributed by atoms with E-state index in [1.807, 2.05) is 13.0 Å². The maximum absolute atomic E-state index is 3.91. The van der Waals surface area contributed by atoms with Crippen molar-refractivity contribution < 1.29 is 0 Å². The highest BCUT2D eigenvalue weighted by Crippen LogP contribution is 2.34. The highest BCUT2D eigenvalue weighted by Gasteiger charge is 2.08. The molecular formula is C16H16S. The van der Waals surface area contributed by atoms with Crippen molar-refractivity contribution in [3.8, 4) is 0 Å². The van der Waals surface area contributed by atoms with Crippen LogP contribution in [-0.2, 0) is 0 Å². The molecule has 0 aliphatic carbocycles. The van der Waals surface area contributed by atoms with Gasteiger partial charge in [-0.3, -0.25) is 0 Å². The SMILES string of the molecule is C=Cc1cc2ccccc2c(SC)c1/C=C\C. The smallest absolute Gasteiger partial charge is 0.0226 e. The standard InChI is InChI=1S/C16H16S/c1-4-8-14-12(5-2)11-13-9-6-7-10-15(13)16(14)17-3/h4-11H,2H2,1,3H3/b8-4-. The predicted octanol–water partition coefficient (Wildman–Crippen LogP) is 5.24. The zero-order valence-electron chi connectivity index (χ0n) is 10.2. The summed E-state index contributed by atoms with van der Waals surface area (Å²) in [6.07, 6.45) is 8.30. The topological polar surface area (TPSA) is 0 Å². The summed E-state index contributed by atoms with van der Waals surface area (Å²) in [6.45, 7) is 5.96. The minimum Gasteiger partial charge on any atom is -0.128 e. The molecule has 2 aromatic carbocycles. The van der Waals surface area contributed by atoms with Gasteiger partial charge in [-0.2, -0.15) is 0 Å². The molecule has 0 radical (unpaired) electrons. The van der Waals surface area contributed by atoms with Crippen LogP contribution >= 0.6 is 11.8 Å². The van der Waals surface area contributed by atoms with Crippen LogP contribution in [0.5, 0.6) is 0 Å². The van der Waals surface area contributed by atoms with Crippen molar-refractivity contribution in [1.82, 2.24) is 0 Å². The molecule has 0 aromatic heterocycles. The molecule has 0 spiro atoms. The highest BCUT2D eigenvalue weighted by atomic mass is 32.2. The minimum absolute atomic E-state index is 1.20. The second-order valence-corrected chi connectivity index (χ2v) is 4.65. The van der Waals surface area contributed by atoms with Crippen molar-refractivity contribution in [1.29, 1.82) is 0 Å². The van der Waals surface area contributed by atoms with Crippen LogP contribution in [0.1, 0.15) is 18.1 Å². The van der Waals surface area contributed by atoms with Gasteiger partial charge in [-0.25, -0.2) is 0 Å². The van der Waals surface area contributed by atoms with Gasteiger partial charge in [0.05, 0.1) is 0 Å². The number of rotatable bonds is 3. The van der Waals surface area contributed by atoms with E-state index in [2.05, 4.69) is 55.3 Å². The summed E-state index contributed by atoms with van der Waals surface area (Å²) in [7, 11) is 0. The number of fused-ring (bicyclic) bond motifs is 1. The van der Waals surface area contributed by atoms with E-state index in [1.165, 1.54) is 26.8 Å². The Morgan fingerprint density at radius 1 is 1.24 bits per heavy atom. The van der Waals surface area contributed by atoms with Crippen molar-refractivity contribution in [2.24, 2.45) is 0 Å². The Kier molecular flexibility index (Phi) is 3.70. The second kappa shape index (κ2) is 5.24. The summed E-state index contributed by atoms with van der Waals surface area (Å²) in [5.74, 6) is 0.